The molecule has 0 bridgehead atoms. The number of carbonyl (C=O) groups excluding carboxylic acids is 1. The highest BCUT2D eigenvalue weighted by atomic mass is 16.3. The van der Waals surface area contributed by atoms with Crippen molar-refractivity contribution >= 4 is 11.6 Å². The summed E-state index contributed by atoms with van der Waals surface area (Å²) in [5.74, 6) is -0.339. The molecule has 0 saturated heterocycles. The molecule has 0 aliphatic rings. The first-order chi connectivity index (χ1) is 7.49. The van der Waals surface area contributed by atoms with E-state index in [1.54, 1.807) is 6.92 Å². The predicted molar refractivity (Wildman–Crippen MR) is 59.8 cm³/mol. The Bertz CT molecular complexity index is 426. The van der Waals surface area contributed by atoms with Crippen LogP contribution in [0.4, 0.5) is 5.69 Å². The minimum Gasteiger partial charge on any atom is -0.398 e. The quantitative estimate of drug-likeness (QED) is 0.607. The van der Waals surface area contributed by atoms with E-state index in [9.17, 15) is 9.59 Å². The van der Waals surface area contributed by atoms with Crippen LogP contribution >= 0.6 is 0 Å². The molecule has 1 amide bonds. The molecule has 4 N–H and O–H groups in total. The minimum absolute atomic E-state index is 0.101. The lowest BCUT2D eigenvalue weighted by Gasteiger charge is -2.08. The van der Waals surface area contributed by atoms with Crippen molar-refractivity contribution in [1.82, 2.24) is 9.88 Å². The summed E-state index contributed by atoms with van der Waals surface area (Å²) >= 11 is 0. The van der Waals surface area contributed by atoms with Crippen LogP contribution in [0.1, 0.15) is 6.92 Å². The van der Waals surface area contributed by atoms with Crippen molar-refractivity contribution in [3.8, 4) is 0 Å². The number of nitrogen functional groups attached to an aromatic ring is 1. The Hall–Kier alpha value is -1.82. The third kappa shape index (κ3) is 3.74. The van der Waals surface area contributed by atoms with Gasteiger partial charge in [0.05, 0.1) is 6.10 Å². The molecule has 1 aromatic rings. The first-order valence-electron chi connectivity index (χ1n) is 4.90. The van der Waals surface area contributed by atoms with Gasteiger partial charge in [-0.1, -0.05) is 0 Å². The highest BCUT2D eigenvalue weighted by Gasteiger charge is 2.05. The van der Waals surface area contributed by atoms with Gasteiger partial charge in [-0.2, -0.15) is 0 Å². The van der Waals surface area contributed by atoms with E-state index in [4.69, 9.17) is 10.8 Å². The van der Waals surface area contributed by atoms with Gasteiger partial charge in [0, 0.05) is 24.5 Å². The molecule has 1 aromatic heterocycles. The van der Waals surface area contributed by atoms with Crippen LogP contribution in [0.3, 0.4) is 0 Å². The third-order valence-electron chi connectivity index (χ3n) is 1.91. The number of anilines is 1. The molecule has 0 spiro atoms. The van der Waals surface area contributed by atoms with Crippen LogP contribution < -0.4 is 16.6 Å². The summed E-state index contributed by atoms with van der Waals surface area (Å²) in [6, 6.07) is 2.78. The van der Waals surface area contributed by atoms with Crippen molar-refractivity contribution in [3.05, 3.63) is 28.7 Å². The summed E-state index contributed by atoms with van der Waals surface area (Å²) < 4.78 is 1.21. The summed E-state index contributed by atoms with van der Waals surface area (Å²) in [6.07, 6.45) is 0.797. The van der Waals surface area contributed by atoms with Crippen LogP contribution in [-0.4, -0.2) is 28.2 Å². The van der Waals surface area contributed by atoms with Crippen molar-refractivity contribution in [2.45, 2.75) is 19.6 Å². The van der Waals surface area contributed by atoms with Crippen LogP contribution in [0.25, 0.3) is 0 Å². The van der Waals surface area contributed by atoms with Gasteiger partial charge in [-0.25, -0.2) is 0 Å². The third-order valence-corrected chi connectivity index (χ3v) is 1.91. The number of carbonyl (C=O) groups is 1. The molecule has 0 aliphatic carbocycles. The largest absolute Gasteiger partial charge is 0.398 e. The maximum absolute atomic E-state index is 11.4. The first kappa shape index (κ1) is 12.3. The maximum Gasteiger partial charge on any atom is 0.251 e. The maximum atomic E-state index is 11.4. The van der Waals surface area contributed by atoms with Gasteiger partial charge < -0.3 is 20.7 Å². The molecule has 0 unspecified atom stereocenters. The Morgan fingerprint density at radius 3 is 2.94 bits per heavy atom. The number of nitrogens with zero attached hydrogens (tertiary/aromatic N) is 1. The van der Waals surface area contributed by atoms with Crippen molar-refractivity contribution in [2.24, 2.45) is 0 Å². The van der Waals surface area contributed by atoms with Gasteiger partial charge in [0.15, 0.2) is 0 Å². The fourth-order valence-electron chi connectivity index (χ4n) is 1.15. The van der Waals surface area contributed by atoms with E-state index in [-0.39, 0.29) is 24.6 Å². The number of hydrogen-bond acceptors (Lipinski definition) is 4. The van der Waals surface area contributed by atoms with Gasteiger partial charge in [0.1, 0.15) is 6.54 Å². The summed E-state index contributed by atoms with van der Waals surface area (Å²) in [7, 11) is 0. The average molecular weight is 225 g/mol. The molecule has 0 aliphatic heterocycles. The van der Waals surface area contributed by atoms with Gasteiger partial charge in [0.25, 0.3) is 5.56 Å². The monoisotopic (exact) mass is 225 g/mol. The van der Waals surface area contributed by atoms with E-state index in [2.05, 4.69) is 5.32 Å². The fraction of sp³-hybridized carbons (Fsp3) is 0.400. The molecular formula is C10H15N3O3. The molecule has 16 heavy (non-hydrogen) atoms. The predicted octanol–water partition coefficient (Wildman–Crippen LogP) is -1.07. The summed E-state index contributed by atoms with van der Waals surface area (Å²) in [5.41, 5.74) is 5.62. The van der Waals surface area contributed by atoms with Crippen molar-refractivity contribution in [3.63, 3.8) is 0 Å². The molecule has 0 radical (unpaired) electrons. The van der Waals surface area contributed by atoms with Crippen LogP contribution in [0, 0.1) is 0 Å². The zero-order valence-corrected chi connectivity index (χ0v) is 9.01. The van der Waals surface area contributed by atoms with E-state index >= 15 is 0 Å². The van der Waals surface area contributed by atoms with Crippen LogP contribution in [0.15, 0.2) is 23.1 Å². The lowest BCUT2D eigenvalue weighted by Crippen LogP contribution is -2.35. The minimum atomic E-state index is -0.610. The van der Waals surface area contributed by atoms with Crippen LogP contribution in [-0.2, 0) is 11.3 Å². The number of nitrogens with one attached hydrogen (secondary N) is 1. The number of aromatic nitrogens is 1. The second kappa shape index (κ2) is 5.32. The molecule has 6 heteroatoms. The standard InChI is InChI=1S/C10H15N3O3/c1-7(14)4-12-9(15)6-13-5-8(11)2-3-10(13)16/h2-3,5,7,14H,4,6,11H2,1H3,(H,12,15)/t7-/m1/s1. The summed E-state index contributed by atoms with van der Waals surface area (Å²) in [6.45, 7) is 1.62. The van der Waals surface area contributed by atoms with Crippen molar-refractivity contribution < 1.29 is 9.90 Å². The molecule has 1 rings (SSSR count). The number of aliphatic hydroxyl groups is 1. The van der Waals surface area contributed by atoms with Gasteiger partial charge in [0.2, 0.25) is 5.91 Å². The smallest absolute Gasteiger partial charge is 0.251 e. The molecular weight excluding hydrogens is 210 g/mol. The topological polar surface area (TPSA) is 97.3 Å². The number of hydrogen-bond donors (Lipinski definition) is 3. The second-order valence-electron chi connectivity index (χ2n) is 3.58. The molecule has 0 fully saturated rings. The highest BCUT2D eigenvalue weighted by molar-refractivity contribution is 5.75. The number of aliphatic hydroxyl groups excluding tert-OH is 1. The van der Waals surface area contributed by atoms with Gasteiger partial charge in [-0.15, -0.1) is 0 Å². The number of rotatable bonds is 4. The van der Waals surface area contributed by atoms with E-state index in [0.717, 1.165) is 0 Å². The zero-order chi connectivity index (χ0) is 12.1. The molecule has 88 valence electrons. The molecule has 6 nitrogen and oxygen atoms in total. The lowest BCUT2D eigenvalue weighted by atomic mass is 10.4. The van der Waals surface area contributed by atoms with E-state index < -0.39 is 6.10 Å². The molecule has 0 saturated carbocycles. The van der Waals surface area contributed by atoms with Gasteiger partial charge in [-0.3, -0.25) is 9.59 Å². The summed E-state index contributed by atoms with van der Waals surface area (Å²) in [4.78, 5) is 22.7. The molecule has 1 atom stereocenters. The van der Waals surface area contributed by atoms with E-state index in [0.29, 0.717) is 5.69 Å². The number of nitrogens with two attached hydrogens (primary N) is 1. The van der Waals surface area contributed by atoms with Crippen LogP contribution in [0.2, 0.25) is 0 Å². The Balaban J connectivity index is 2.62. The Labute approximate surface area is 92.7 Å². The highest BCUT2D eigenvalue weighted by Crippen LogP contribution is 1.95. The van der Waals surface area contributed by atoms with Crippen molar-refractivity contribution in [1.29, 1.82) is 0 Å². The summed E-state index contributed by atoms with van der Waals surface area (Å²) in [5, 5.41) is 11.5. The number of amides is 1. The molecule has 0 aromatic carbocycles. The lowest BCUT2D eigenvalue weighted by molar-refractivity contribution is -0.122. The van der Waals surface area contributed by atoms with Gasteiger partial charge >= 0.3 is 0 Å². The van der Waals surface area contributed by atoms with E-state index in [1.807, 2.05) is 0 Å². The zero-order valence-electron chi connectivity index (χ0n) is 9.01. The second-order valence-corrected chi connectivity index (χ2v) is 3.58. The van der Waals surface area contributed by atoms with Gasteiger partial charge in [-0.05, 0) is 13.0 Å². The first-order valence-corrected chi connectivity index (χ1v) is 4.90. The SMILES string of the molecule is C[C@@H](O)CNC(=O)Cn1cc(N)ccc1=O. The average Bonchev–Trinajstić information content (AvgIpc) is 2.20. The number of pyridine rings is 1. The Morgan fingerprint density at radius 2 is 2.31 bits per heavy atom. The van der Waals surface area contributed by atoms with Crippen molar-refractivity contribution in [2.75, 3.05) is 12.3 Å². The fourth-order valence-corrected chi connectivity index (χ4v) is 1.15. The normalized spacial score (nSPS) is 12.1. The van der Waals surface area contributed by atoms with E-state index in [1.165, 1.54) is 22.9 Å². The Morgan fingerprint density at radius 1 is 1.62 bits per heavy atom. The van der Waals surface area contributed by atoms with Crippen LogP contribution in [0.5, 0.6) is 0 Å². The molecule has 1 heterocycles. The Kier molecular flexibility index (Phi) is 4.07.